The van der Waals surface area contributed by atoms with Crippen LogP contribution in [0.2, 0.25) is 0 Å². The zero-order valence-corrected chi connectivity index (χ0v) is 10.1. The van der Waals surface area contributed by atoms with Crippen molar-refractivity contribution < 1.29 is 4.79 Å². The van der Waals surface area contributed by atoms with Crippen LogP contribution in [-0.2, 0) is 4.79 Å². The van der Waals surface area contributed by atoms with Gasteiger partial charge in [-0.1, -0.05) is 17.4 Å². The predicted molar refractivity (Wildman–Crippen MR) is 64.5 cm³/mol. The van der Waals surface area contributed by atoms with E-state index in [1.807, 2.05) is 24.4 Å². The number of aryl methyl sites for hydroxylation is 1. The Labute approximate surface area is 100 Å². The topological polar surface area (TPSA) is 80.9 Å². The fourth-order valence-corrected chi connectivity index (χ4v) is 2.45. The van der Waals surface area contributed by atoms with E-state index in [4.69, 9.17) is 5.73 Å². The van der Waals surface area contributed by atoms with E-state index in [0.717, 1.165) is 9.88 Å². The molecule has 0 saturated heterocycles. The molecule has 1 atom stereocenters. The average Bonchev–Trinajstić information content (AvgIpc) is 2.88. The fraction of sp³-hybridized carbons (Fsp3) is 0.222. The Kier molecular flexibility index (Phi) is 3.28. The van der Waals surface area contributed by atoms with E-state index in [-0.39, 0.29) is 5.91 Å². The van der Waals surface area contributed by atoms with Crippen LogP contribution in [0.4, 0.5) is 5.13 Å². The highest BCUT2D eigenvalue weighted by Crippen LogP contribution is 2.20. The van der Waals surface area contributed by atoms with Crippen molar-refractivity contribution in [2.75, 3.05) is 5.32 Å². The Morgan fingerprint density at radius 2 is 2.38 bits per heavy atom. The molecule has 84 valence electrons. The first kappa shape index (κ1) is 11.2. The first-order valence-corrected chi connectivity index (χ1v) is 6.26. The monoisotopic (exact) mass is 254 g/mol. The standard InChI is InChI=1S/C9H10N4OS2/c1-5-12-13-9(16-5)11-8(14)7(10)6-3-2-4-15-6/h2-4,7H,10H2,1H3,(H,11,13,14). The Balaban J connectivity index is 2.03. The molecule has 2 heterocycles. The molecule has 0 radical (unpaired) electrons. The number of hydrogen-bond donors (Lipinski definition) is 2. The summed E-state index contributed by atoms with van der Waals surface area (Å²) >= 11 is 2.78. The van der Waals surface area contributed by atoms with Crippen LogP contribution in [0.3, 0.4) is 0 Å². The fourth-order valence-electron chi connectivity index (χ4n) is 1.13. The minimum atomic E-state index is -0.649. The number of nitrogens with zero attached hydrogens (tertiary/aromatic N) is 2. The number of nitrogens with two attached hydrogens (primary N) is 1. The van der Waals surface area contributed by atoms with Gasteiger partial charge in [-0.05, 0) is 18.4 Å². The maximum absolute atomic E-state index is 11.7. The maximum Gasteiger partial charge on any atom is 0.248 e. The molecular weight excluding hydrogens is 244 g/mol. The van der Waals surface area contributed by atoms with Gasteiger partial charge >= 0.3 is 0 Å². The molecule has 1 amide bonds. The van der Waals surface area contributed by atoms with Crippen LogP contribution in [0.25, 0.3) is 0 Å². The third kappa shape index (κ3) is 2.43. The van der Waals surface area contributed by atoms with Gasteiger partial charge in [0, 0.05) is 4.88 Å². The van der Waals surface area contributed by atoms with Gasteiger partial charge < -0.3 is 5.73 Å². The van der Waals surface area contributed by atoms with Crippen molar-refractivity contribution in [1.29, 1.82) is 0 Å². The molecule has 0 saturated carbocycles. The highest BCUT2D eigenvalue weighted by atomic mass is 32.1. The molecule has 0 aliphatic carbocycles. The van der Waals surface area contributed by atoms with Crippen molar-refractivity contribution in [3.63, 3.8) is 0 Å². The van der Waals surface area contributed by atoms with E-state index in [1.54, 1.807) is 0 Å². The predicted octanol–water partition coefficient (Wildman–Crippen LogP) is 1.55. The zero-order chi connectivity index (χ0) is 11.5. The molecule has 0 aliphatic rings. The van der Waals surface area contributed by atoms with Gasteiger partial charge in [0.1, 0.15) is 11.0 Å². The van der Waals surface area contributed by atoms with Crippen molar-refractivity contribution in [3.8, 4) is 0 Å². The second kappa shape index (κ2) is 4.69. The molecule has 3 N–H and O–H groups in total. The van der Waals surface area contributed by atoms with Crippen molar-refractivity contribution in [2.45, 2.75) is 13.0 Å². The summed E-state index contributed by atoms with van der Waals surface area (Å²) in [6.45, 7) is 1.83. The molecule has 0 aliphatic heterocycles. The molecule has 2 aromatic rings. The Bertz CT molecular complexity index is 479. The third-order valence-electron chi connectivity index (χ3n) is 1.89. The molecule has 0 spiro atoms. The largest absolute Gasteiger partial charge is 0.316 e. The Morgan fingerprint density at radius 1 is 1.56 bits per heavy atom. The maximum atomic E-state index is 11.7. The number of hydrogen-bond acceptors (Lipinski definition) is 6. The molecular formula is C9H10N4OS2. The second-order valence-electron chi connectivity index (χ2n) is 3.11. The summed E-state index contributed by atoms with van der Waals surface area (Å²) in [6, 6.07) is 3.05. The quantitative estimate of drug-likeness (QED) is 0.870. The van der Waals surface area contributed by atoms with Crippen molar-refractivity contribution >= 4 is 33.7 Å². The van der Waals surface area contributed by atoms with Crippen molar-refractivity contribution in [3.05, 3.63) is 27.4 Å². The van der Waals surface area contributed by atoms with Crippen LogP contribution in [0, 0.1) is 6.92 Å². The smallest absolute Gasteiger partial charge is 0.248 e. The number of rotatable bonds is 3. The number of anilines is 1. The van der Waals surface area contributed by atoms with Gasteiger partial charge in [-0.15, -0.1) is 21.5 Å². The summed E-state index contributed by atoms with van der Waals surface area (Å²) in [5.41, 5.74) is 5.79. The zero-order valence-electron chi connectivity index (χ0n) is 8.51. The molecule has 1 unspecified atom stereocenters. The summed E-state index contributed by atoms with van der Waals surface area (Å²) in [4.78, 5) is 12.6. The van der Waals surface area contributed by atoms with E-state index >= 15 is 0 Å². The summed E-state index contributed by atoms with van der Waals surface area (Å²) < 4.78 is 0. The highest BCUT2D eigenvalue weighted by molar-refractivity contribution is 7.15. The number of amides is 1. The number of carbonyl (C=O) groups excluding carboxylic acids is 1. The average molecular weight is 254 g/mol. The lowest BCUT2D eigenvalue weighted by atomic mass is 10.2. The van der Waals surface area contributed by atoms with Gasteiger partial charge in [0.05, 0.1) is 0 Å². The van der Waals surface area contributed by atoms with Crippen LogP contribution < -0.4 is 11.1 Å². The van der Waals surface area contributed by atoms with Gasteiger partial charge in [0.2, 0.25) is 11.0 Å². The number of nitrogens with one attached hydrogen (secondary N) is 1. The van der Waals surface area contributed by atoms with Crippen molar-refractivity contribution in [1.82, 2.24) is 10.2 Å². The number of thiophene rings is 1. The molecule has 2 rings (SSSR count). The lowest BCUT2D eigenvalue weighted by Crippen LogP contribution is -2.26. The van der Waals surface area contributed by atoms with E-state index < -0.39 is 6.04 Å². The number of aromatic nitrogens is 2. The molecule has 0 bridgehead atoms. The lowest BCUT2D eigenvalue weighted by Gasteiger charge is -2.07. The van der Waals surface area contributed by atoms with Gasteiger partial charge in [-0.3, -0.25) is 10.1 Å². The summed E-state index contributed by atoms with van der Waals surface area (Å²) in [7, 11) is 0. The van der Waals surface area contributed by atoms with E-state index in [9.17, 15) is 4.79 Å². The van der Waals surface area contributed by atoms with Gasteiger partial charge in [-0.2, -0.15) is 0 Å². The summed E-state index contributed by atoms with van der Waals surface area (Å²) in [5.74, 6) is -0.265. The highest BCUT2D eigenvalue weighted by Gasteiger charge is 2.17. The molecule has 0 aromatic carbocycles. The molecule has 2 aromatic heterocycles. The van der Waals surface area contributed by atoms with E-state index in [2.05, 4.69) is 15.5 Å². The van der Waals surface area contributed by atoms with Crippen molar-refractivity contribution in [2.24, 2.45) is 5.73 Å². The second-order valence-corrected chi connectivity index (χ2v) is 5.27. The SMILES string of the molecule is Cc1nnc(NC(=O)C(N)c2cccs2)s1. The van der Waals surface area contributed by atoms with Crippen LogP contribution in [0.5, 0.6) is 0 Å². The van der Waals surface area contributed by atoms with Crippen LogP contribution in [-0.4, -0.2) is 16.1 Å². The third-order valence-corrected chi connectivity index (χ3v) is 3.60. The normalized spacial score (nSPS) is 12.4. The Morgan fingerprint density at radius 3 is 2.94 bits per heavy atom. The lowest BCUT2D eigenvalue weighted by molar-refractivity contribution is -0.117. The first-order valence-electron chi connectivity index (χ1n) is 4.57. The van der Waals surface area contributed by atoms with Crippen LogP contribution >= 0.6 is 22.7 Å². The molecule has 5 nitrogen and oxygen atoms in total. The molecule has 7 heteroatoms. The first-order chi connectivity index (χ1) is 7.66. The van der Waals surface area contributed by atoms with E-state index in [1.165, 1.54) is 22.7 Å². The molecule has 0 fully saturated rings. The van der Waals surface area contributed by atoms with Gasteiger partial charge in [0.15, 0.2) is 0 Å². The van der Waals surface area contributed by atoms with Crippen LogP contribution in [0.1, 0.15) is 15.9 Å². The summed E-state index contributed by atoms with van der Waals surface area (Å²) in [5, 5.41) is 13.4. The molecule has 16 heavy (non-hydrogen) atoms. The minimum Gasteiger partial charge on any atom is -0.316 e. The number of carbonyl (C=O) groups is 1. The van der Waals surface area contributed by atoms with Gasteiger partial charge in [0.25, 0.3) is 0 Å². The summed E-state index contributed by atoms with van der Waals surface area (Å²) in [6.07, 6.45) is 0. The van der Waals surface area contributed by atoms with Crippen LogP contribution in [0.15, 0.2) is 17.5 Å². The minimum absolute atomic E-state index is 0.265. The van der Waals surface area contributed by atoms with Gasteiger partial charge in [-0.25, -0.2) is 0 Å². The van der Waals surface area contributed by atoms with E-state index in [0.29, 0.717) is 5.13 Å². The Hall–Kier alpha value is -1.31.